The van der Waals surface area contributed by atoms with Gasteiger partial charge in [-0.15, -0.1) is 11.3 Å². The zero-order valence-corrected chi connectivity index (χ0v) is 8.27. The second-order valence-corrected chi connectivity index (χ2v) is 3.31. The standard InChI is InChI=1S/C7H11N3O2S/c1-5-4-13-6(9-5)3-8-7(11)10-12-2/h4H,3H2,1-2H3,(H2,8,10,11). The summed E-state index contributed by atoms with van der Waals surface area (Å²) in [5.74, 6) is 0. The molecule has 1 aromatic rings. The Bertz CT molecular complexity index is 287. The summed E-state index contributed by atoms with van der Waals surface area (Å²) in [6.07, 6.45) is 0. The van der Waals surface area contributed by atoms with Crippen molar-refractivity contribution in [2.75, 3.05) is 7.11 Å². The largest absolute Gasteiger partial charge is 0.339 e. The molecule has 0 aromatic carbocycles. The minimum atomic E-state index is -0.365. The Hall–Kier alpha value is -1.14. The third-order valence-corrected chi connectivity index (χ3v) is 2.23. The van der Waals surface area contributed by atoms with Crippen LogP contribution < -0.4 is 10.8 Å². The SMILES string of the molecule is CONC(=O)NCc1nc(C)cs1. The molecular weight excluding hydrogens is 190 g/mol. The van der Waals surface area contributed by atoms with Crippen molar-refractivity contribution in [3.63, 3.8) is 0 Å². The maximum atomic E-state index is 10.9. The van der Waals surface area contributed by atoms with Crippen LogP contribution in [-0.4, -0.2) is 18.1 Å². The lowest BCUT2D eigenvalue weighted by Crippen LogP contribution is -2.34. The average molecular weight is 201 g/mol. The maximum absolute atomic E-state index is 10.9. The van der Waals surface area contributed by atoms with Gasteiger partial charge in [-0.1, -0.05) is 0 Å². The van der Waals surface area contributed by atoms with Crippen molar-refractivity contribution in [1.82, 2.24) is 15.8 Å². The highest BCUT2D eigenvalue weighted by Gasteiger charge is 2.01. The van der Waals surface area contributed by atoms with Crippen molar-refractivity contribution in [3.8, 4) is 0 Å². The number of aryl methyl sites for hydroxylation is 1. The first-order valence-corrected chi connectivity index (χ1v) is 4.58. The monoisotopic (exact) mass is 201 g/mol. The van der Waals surface area contributed by atoms with Crippen LogP contribution in [0, 0.1) is 6.92 Å². The molecule has 1 rings (SSSR count). The highest BCUT2D eigenvalue weighted by molar-refractivity contribution is 7.09. The summed E-state index contributed by atoms with van der Waals surface area (Å²) >= 11 is 1.52. The molecule has 0 unspecified atom stereocenters. The van der Waals surface area contributed by atoms with Crippen LogP contribution in [0.4, 0.5) is 4.79 Å². The summed E-state index contributed by atoms with van der Waals surface area (Å²) in [6.45, 7) is 2.34. The number of nitrogens with zero attached hydrogens (tertiary/aromatic N) is 1. The van der Waals surface area contributed by atoms with Crippen molar-refractivity contribution in [2.24, 2.45) is 0 Å². The van der Waals surface area contributed by atoms with Crippen LogP contribution in [-0.2, 0) is 11.4 Å². The topological polar surface area (TPSA) is 63.2 Å². The Balaban J connectivity index is 2.30. The third-order valence-electron chi connectivity index (χ3n) is 1.26. The van der Waals surface area contributed by atoms with E-state index in [9.17, 15) is 4.79 Å². The van der Waals surface area contributed by atoms with Crippen LogP contribution in [0.1, 0.15) is 10.7 Å². The smallest absolute Gasteiger partial charge is 0.330 e. The van der Waals surface area contributed by atoms with Crippen LogP contribution in [0.25, 0.3) is 0 Å². The van der Waals surface area contributed by atoms with Gasteiger partial charge in [-0.2, -0.15) is 0 Å². The predicted molar refractivity (Wildman–Crippen MR) is 49.2 cm³/mol. The molecule has 0 aliphatic carbocycles. The zero-order chi connectivity index (χ0) is 9.68. The molecule has 0 aliphatic heterocycles. The van der Waals surface area contributed by atoms with E-state index in [-0.39, 0.29) is 6.03 Å². The number of hydrogen-bond acceptors (Lipinski definition) is 4. The second kappa shape index (κ2) is 4.78. The van der Waals surface area contributed by atoms with E-state index in [4.69, 9.17) is 0 Å². The van der Waals surface area contributed by atoms with Crippen molar-refractivity contribution in [2.45, 2.75) is 13.5 Å². The number of urea groups is 1. The Morgan fingerprint density at radius 1 is 1.77 bits per heavy atom. The van der Waals surface area contributed by atoms with Gasteiger partial charge in [-0.25, -0.2) is 15.3 Å². The van der Waals surface area contributed by atoms with Crippen LogP contribution in [0.2, 0.25) is 0 Å². The fraction of sp³-hybridized carbons (Fsp3) is 0.429. The number of thiazole rings is 1. The molecule has 72 valence electrons. The van der Waals surface area contributed by atoms with Crippen LogP contribution in [0.3, 0.4) is 0 Å². The molecule has 0 atom stereocenters. The number of hydrogen-bond donors (Lipinski definition) is 2. The number of carbonyl (C=O) groups is 1. The molecule has 0 saturated carbocycles. The van der Waals surface area contributed by atoms with Gasteiger partial charge < -0.3 is 5.32 Å². The molecule has 0 spiro atoms. The minimum Gasteiger partial charge on any atom is -0.330 e. The lowest BCUT2D eigenvalue weighted by molar-refractivity contribution is 0.107. The first-order chi connectivity index (χ1) is 6.22. The molecule has 1 heterocycles. The quantitative estimate of drug-likeness (QED) is 0.711. The Labute approximate surface area is 80.1 Å². The molecule has 13 heavy (non-hydrogen) atoms. The maximum Gasteiger partial charge on any atom is 0.339 e. The molecule has 0 saturated heterocycles. The minimum absolute atomic E-state index is 0.365. The molecule has 6 heteroatoms. The van der Waals surface area contributed by atoms with Crippen LogP contribution >= 0.6 is 11.3 Å². The summed E-state index contributed by atoms with van der Waals surface area (Å²) in [4.78, 5) is 19.4. The lowest BCUT2D eigenvalue weighted by atomic mass is 10.6. The number of nitrogens with one attached hydrogen (secondary N) is 2. The molecule has 2 amide bonds. The van der Waals surface area contributed by atoms with Gasteiger partial charge in [0.05, 0.1) is 13.7 Å². The summed E-state index contributed by atoms with van der Waals surface area (Å²) in [5, 5.41) is 5.40. The number of hydroxylamine groups is 1. The van der Waals surface area contributed by atoms with Gasteiger partial charge in [-0.3, -0.25) is 4.84 Å². The van der Waals surface area contributed by atoms with Gasteiger partial charge in [0.25, 0.3) is 0 Å². The van der Waals surface area contributed by atoms with E-state index >= 15 is 0 Å². The van der Waals surface area contributed by atoms with E-state index in [1.807, 2.05) is 12.3 Å². The highest BCUT2D eigenvalue weighted by atomic mass is 32.1. The van der Waals surface area contributed by atoms with Gasteiger partial charge in [0.2, 0.25) is 0 Å². The van der Waals surface area contributed by atoms with E-state index in [2.05, 4.69) is 20.6 Å². The van der Waals surface area contributed by atoms with Crippen molar-refractivity contribution in [1.29, 1.82) is 0 Å². The molecule has 0 aliphatic rings. The van der Waals surface area contributed by atoms with E-state index in [0.29, 0.717) is 6.54 Å². The Morgan fingerprint density at radius 2 is 2.54 bits per heavy atom. The van der Waals surface area contributed by atoms with Gasteiger partial charge >= 0.3 is 6.03 Å². The number of amides is 2. The normalized spacial score (nSPS) is 9.69. The first kappa shape index (κ1) is 9.94. The molecule has 5 nitrogen and oxygen atoms in total. The Kier molecular flexibility index (Phi) is 3.66. The third kappa shape index (κ3) is 3.39. The Morgan fingerprint density at radius 3 is 3.08 bits per heavy atom. The number of carbonyl (C=O) groups excluding carboxylic acids is 1. The summed E-state index contributed by atoms with van der Waals surface area (Å²) in [5.41, 5.74) is 3.12. The van der Waals surface area contributed by atoms with Gasteiger partial charge in [0.1, 0.15) is 5.01 Å². The zero-order valence-electron chi connectivity index (χ0n) is 7.46. The van der Waals surface area contributed by atoms with Gasteiger partial charge in [0, 0.05) is 11.1 Å². The molecule has 1 aromatic heterocycles. The van der Waals surface area contributed by atoms with Crippen molar-refractivity contribution >= 4 is 17.4 Å². The molecular formula is C7H11N3O2S. The molecule has 0 fully saturated rings. The fourth-order valence-electron chi connectivity index (χ4n) is 0.769. The highest BCUT2D eigenvalue weighted by Crippen LogP contribution is 2.07. The summed E-state index contributed by atoms with van der Waals surface area (Å²) in [6, 6.07) is -0.365. The van der Waals surface area contributed by atoms with E-state index in [1.165, 1.54) is 18.4 Å². The molecule has 0 radical (unpaired) electrons. The fourth-order valence-corrected chi connectivity index (χ4v) is 1.48. The van der Waals surface area contributed by atoms with E-state index < -0.39 is 0 Å². The lowest BCUT2D eigenvalue weighted by Gasteiger charge is -2.02. The van der Waals surface area contributed by atoms with Crippen molar-refractivity contribution < 1.29 is 9.63 Å². The van der Waals surface area contributed by atoms with Crippen LogP contribution in [0.15, 0.2) is 5.38 Å². The summed E-state index contributed by atoms with van der Waals surface area (Å²) < 4.78 is 0. The van der Waals surface area contributed by atoms with E-state index in [0.717, 1.165) is 10.7 Å². The number of rotatable bonds is 3. The predicted octanol–water partition coefficient (Wildman–Crippen LogP) is 0.812. The van der Waals surface area contributed by atoms with Gasteiger partial charge in [-0.05, 0) is 6.92 Å². The van der Waals surface area contributed by atoms with Crippen molar-refractivity contribution in [3.05, 3.63) is 16.1 Å². The number of aromatic nitrogens is 1. The van der Waals surface area contributed by atoms with Crippen LogP contribution in [0.5, 0.6) is 0 Å². The molecule has 0 bridgehead atoms. The van der Waals surface area contributed by atoms with Gasteiger partial charge in [0.15, 0.2) is 0 Å². The average Bonchev–Trinajstić information content (AvgIpc) is 2.49. The second-order valence-electron chi connectivity index (χ2n) is 2.37. The first-order valence-electron chi connectivity index (χ1n) is 3.70. The summed E-state index contributed by atoms with van der Waals surface area (Å²) in [7, 11) is 1.38. The van der Waals surface area contributed by atoms with E-state index in [1.54, 1.807) is 0 Å². The molecule has 2 N–H and O–H groups in total.